The number of aliphatic hydroxyl groups is 3. The van der Waals surface area contributed by atoms with Gasteiger partial charge in [0.05, 0.1) is 17.6 Å². The van der Waals surface area contributed by atoms with Crippen LogP contribution in [0.3, 0.4) is 0 Å². The summed E-state index contributed by atoms with van der Waals surface area (Å²) in [5, 5.41) is 52.4. The van der Waals surface area contributed by atoms with Crippen LogP contribution in [0.4, 0.5) is 5.69 Å². The number of hydrogen-bond donors (Lipinski definition) is 7. The van der Waals surface area contributed by atoms with Gasteiger partial charge in [-0.1, -0.05) is 13.2 Å². The van der Waals surface area contributed by atoms with Crippen LogP contribution in [0.15, 0.2) is 53.8 Å². The van der Waals surface area contributed by atoms with E-state index in [0.29, 0.717) is 11.7 Å². The normalized spacial score (nSPS) is 26.6. The number of Topliss-reactive ketones (excluding diaryl/α,β-unsaturated/α-hetero) is 2. The molecule has 14 heteroatoms. The van der Waals surface area contributed by atoms with Crippen molar-refractivity contribution in [3.05, 3.63) is 64.9 Å². The van der Waals surface area contributed by atoms with E-state index in [0.717, 1.165) is 17.2 Å². The van der Waals surface area contributed by atoms with E-state index in [2.05, 4.69) is 17.9 Å². The van der Waals surface area contributed by atoms with Crippen molar-refractivity contribution in [1.29, 1.82) is 5.41 Å². The number of rotatable bonds is 7. The molecule has 0 unspecified atom stereocenters. The van der Waals surface area contributed by atoms with Crippen LogP contribution in [0.1, 0.15) is 17.5 Å². The molecule has 4 rings (SSSR count). The van der Waals surface area contributed by atoms with Crippen molar-refractivity contribution in [1.82, 2.24) is 4.90 Å². The van der Waals surface area contributed by atoms with E-state index in [4.69, 9.17) is 11.1 Å². The molecular formula is C24H24N4O9S. The molecule has 0 radical (unpaired) electrons. The Labute approximate surface area is 216 Å². The minimum absolute atomic E-state index is 0.0150. The Morgan fingerprint density at radius 3 is 2.45 bits per heavy atom. The molecule has 8 N–H and O–H groups in total. The van der Waals surface area contributed by atoms with Gasteiger partial charge >= 0.3 is 0 Å². The van der Waals surface area contributed by atoms with Gasteiger partial charge in [-0.15, -0.1) is 0 Å². The molecule has 1 aromatic rings. The smallest absolute Gasteiger partial charge is 0.255 e. The predicted molar refractivity (Wildman–Crippen MR) is 134 cm³/mol. The van der Waals surface area contributed by atoms with Gasteiger partial charge in [0.25, 0.3) is 15.9 Å². The van der Waals surface area contributed by atoms with Crippen LogP contribution in [-0.4, -0.2) is 69.2 Å². The van der Waals surface area contributed by atoms with Crippen molar-refractivity contribution >= 4 is 45.3 Å². The Bertz CT molecular complexity index is 1500. The van der Waals surface area contributed by atoms with Gasteiger partial charge in [-0.05, 0) is 42.7 Å². The van der Waals surface area contributed by atoms with Gasteiger partial charge in [0, 0.05) is 16.9 Å². The van der Waals surface area contributed by atoms with Crippen LogP contribution in [0.2, 0.25) is 0 Å². The van der Waals surface area contributed by atoms with E-state index in [-0.39, 0.29) is 29.7 Å². The maximum absolute atomic E-state index is 13.8. The number of sulfonamides is 1. The molecule has 0 aliphatic heterocycles. The standard InChI is InChI=1S/C24H24N4O9S/c1-3-28(9-25)18-12-8-10-7-11-13(27-38(36,37)4-2)5-6-14(29)16(11)19(30)15(10)21(32)24(12,35)22(33)17(20(18)31)23(26)34/h3-6,9-10,12,18,25,27,29-30,33,35H,1-2,7-8H2,(H2,26,34)/t10-,12-,18-,24-/m0/s1. The highest BCUT2D eigenvalue weighted by molar-refractivity contribution is 7.95. The minimum Gasteiger partial charge on any atom is -0.508 e. The molecule has 0 bridgehead atoms. The molecule has 0 heterocycles. The zero-order valence-corrected chi connectivity index (χ0v) is 20.5. The highest BCUT2D eigenvalue weighted by Gasteiger charge is 2.64. The Balaban J connectivity index is 1.98. The number of phenols is 1. The van der Waals surface area contributed by atoms with E-state index in [1.165, 1.54) is 6.07 Å². The topological polar surface area (TPSA) is 231 Å². The zero-order chi connectivity index (χ0) is 28.3. The minimum atomic E-state index is -4.00. The summed E-state index contributed by atoms with van der Waals surface area (Å²) < 4.78 is 26.5. The van der Waals surface area contributed by atoms with Crippen molar-refractivity contribution in [2.75, 3.05) is 4.72 Å². The third kappa shape index (κ3) is 3.60. The van der Waals surface area contributed by atoms with Crippen LogP contribution >= 0.6 is 0 Å². The Kier molecular flexibility index (Phi) is 6.20. The van der Waals surface area contributed by atoms with Gasteiger partial charge in [0.2, 0.25) is 5.78 Å². The number of aromatic hydroxyl groups is 1. The highest BCUT2D eigenvalue weighted by Crippen LogP contribution is 2.53. The monoisotopic (exact) mass is 544 g/mol. The molecule has 4 atom stereocenters. The Hall–Kier alpha value is -4.43. The summed E-state index contributed by atoms with van der Waals surface area (Å²) in [5.41, 5.74) is 0.784. The quantitative estimate of drug-likeness (QED) is 0.108. The van der Waals surface area contributed by atoms with Gasteiger partial charge in [0.1, 0.15) is 28.9 Å². The molecule has 13 nitrogen and oxygen atoms in total. The average molecular weight is 545 g/mol. The van der Waals surface area contributed by atoms with Crippen molar-refractivity contribution in [3.8, 4) is 5.75 Å². The molecule has 1 saturated carbocycles. The fraction of sp³-hybridized carbons (Fsp3) is 0.250. The number of benzene rings is 1. The fourth-order valence-electron chi connectivity index (χ4n) is 5.53. The van der Waals surface area contributed by atoms with Crippen LogP contribution < -0.4 is 10.5 Å². The van der Waals surface area contributed by atoms with Crippen molar-refractivity contribution in [2.24, 2.45) is 17.6 Å². The molecular weight excluding hydrogens is 520 g/mol. The summed E-state index contributed by atoms with van der Waals surface area (Å²) in [5.74, 6) is -8.66. The molecule has 200 valence electrons. The number of phenolic OH excluding ortho intramolecular Hbond substituents is 1. The van der Waals surface area contributed by atoms with Crippen LogP contribution in [0.25, 0.3) is 5.76 Å². The molecule has 38 heavy (non-hydrogen) atoms. The lowest BCUT2D eigenvalue weighted by molar-refractivity contribution is -0.152. The van der Waals surface area contributed by atoms with Crippen LogP contribution in [-0.2, 0) is 30.8 Å². The summed E-state index contributed by atoms with van der Waals surface area (Å²) >= 11 is 0. The average Bonchev–Trinajstić information content (AvgIpc) is 2.85. The zero-order valence-electron chi connectivity index (χ0n) is 19.7. The molecule has 1 amide bonds. The summed E-state index contributed by atoms with van der Waals surface area (Å²) in [7, 11) is -4.00. The number of primary amides is 1. The van der Waals surface area contributed by atoms with E-state index < -0.39 is 79.4 Å². The van der Waals surface area contributed by atoms with Gasteiger partial charge in [-0.3, -0.25) is 24.5 Å². The molecule has 1 aromatic carbocycles. The first-order valence-electron chi connectivity index (χ1n) is 11.1. The Morgan fingerprint density at radius 1 is 1.24 bits per heavy atom. The number of nitrogens with zero attached hydrogens (tertiary/aromatic N) is 1. The highest BCUT2D eigenvalue weighted by atomic mass is 32.2. The van der Waals surface area contributed by atoms with E-state index in [9.17, 15) is 43.2 Å². The van der Waals surface area contributed by atoms with Crippen LogP contribution in [0.5, 0.6) is 5.75 Å². The number of amides is 1. The third-order valence-corrected chi connectivity index (χ3v) is 8.14. The Morgan fingerprint density at radius 2 is 1.89 bits per heavy atom. The molecule has 3 aliphatic rings. The number of fused-ring (bicyclic) bond motifs is 3. The summed E-state index contributed by atoms with van der Waals surface area (Å²) in [6, 6.07) is 0.792. The molecule has 0 aromatic heterocycles. The van der Waals surface area contributed by atoms with Gasteiger partial charge < -0.3 is 31.1 Å². The second kappa shape index (κ2) is 8.85. The molecule has 3 aliphatic carbocycles. The van der Waals surface area contributed by atoms with Crippen molar-refractivity contribution in [2.45, 2.75) is 24.5 Å². The number of anilines is 1. The number of hydrogen-bond acceptors (Lipinski definition) is 10. The predicted octanol–water partition coefficient (Wildman–Crippen LogP) is 0.340. The number of ketones is 2. The SMILES string of the molecule is C=CN(C=N)[C@@H]1C(=O)C(C(N)=O)=C(O)[C@@]2(O)C(=O)C3=C(O)c4c(O)ccc(NS(=O)(=O)C=C)c4C[C@H]3C[C@@H]12. The summed E-state index contributed by atoms with van der Waals surface area (Å²) in [4.78, 5) is 40.1. The molecule has 0 saturated heterocycles. The van der Waals surface area contributed by atoms with Gasteiger partial charge in [-0.2, -0.15) is 0 Å². The first-order chi connectivity index (χ1) is 17.7. The summed E-state index contributed by atoms with van der Waals surface area (Å²) in [6.07, 6.45) is 1.35. The second-order valence-electron chi connectivity index (χ2n) is 9.06. The number of aliphatic hydroxyl groups excluding tert-OH is 2. The van der Waals surface area contributed by atoms with Gasteiger partial charge in [-0.25, -0.2) is 8.42 Å². The third-order valence-electron chi connectivity index (χ3n) is 7.20. The number of carbonyl (C=O) groups is 3. The fourth-order valence-corrected chi connectivity index (χ4v) is 6.11. The first-order valence-corrected chi connectivity index (χ1v) is 12.7. The maximum Gasteiger partial charge on any atom is 0.255 e. The van der Waals surface area contributed by atoms with E-state index in [1.807, 2.05) is 0 Å². The van der Waals surface area contributed by atoms with Crippen molar-refractivity contribution in [3.63, 3.8) is 0 Å². The lowest BCUT2D eigenvalue weighted by Gasteiger charge is -2.50. The number of nitrogens with one attached hydrogen (secondary N) is 2. The first kappa shape index (κ1) is 26.6. The van der Waals surface area contributed by atoms with Crippen molar-refractivity contribution < 1.29 is 43.2 Å². The largest absolute Gasteiger partial charge is 0.508 e. The second-order valence-corrected chi connectivity index (χ2v) is 10.7. The number of carbonyl (C=O) groups excluding carboxylic acids is 3. The van der Waals surface area contributed by atoms with E-state index in [1.54, 1.807) is 0 Å². The maximum atomic E-state index is 13.8. The number of nitrogens with two attached hydrogens (primary N) is 1. The van der Waals surface area contributed by atoms with E-state index >= 15 is 0 Å². The lowest BCUT2D eigenvalue weighted by Crippen LogP contribution is -2.65. The lowest BCUT2D eigenvalue weighted by atomic mass is 9.57. The molecule has 0 spiro atoms. The molecule has 1 fully saturated rings. The van der Waals surface area contributed by atoms with Gasteiger partial charge in [0.15, 0.2) is 11.4 Å². The van der Waals surface area contributed by atoms with Crippen LogP contribution in [0, 0.1) is 17.2 Å². The summed E-state index contributed by atoms with van der Waals surface area (Å²) in [6.45, 7) is 6.73.